The highest BCUT2D eigenvalue weighted by Crippen LogP contribution is 2.10. The number of aliphatic carboxylic acids is 1. The van der Waals surface area contributed by atoms with Gasteiger partial charge in [0.05, 0.1) is 6.61 Å². The molecule has 0 saturated carbocycles. The van der Waals surface area contributed by atoms with Crippen LogP contribution < -0.4 is 0 Å². The van der Waals surface area contributed by atoms with E-state index in [9.17, 15) is 9.59 Å². The lowest BCUT2D eigenvalue weighted by molar-refractivity contribution is -0.143. The maximum absolute atomic E-state index is 11.3. The van der Waals surface area contributed by atoms with Crippen LogP contribution in [0.2, 0.25) is 0 Å². The maximum atomic E-state index is 11.3. The number of carboxylic acids is 1. The largest absolute Gasteiger partial charge is 0.478 e. The summed E-state index contributed by atoms with van der Waals surface area (Å²) in [5.74, 6) is -0.922. The standard InChI is InChI=1S/C16H32O2.C6H8O2/c1-3-5-7-8-9-10-11-12-13-14-16(17)18-15-6-4-2;1-2-3-4-5-6(7)8/h3-15H2,1-2H3;2-5H,1H3,(H,7,8)/b;3-2+,5-4+. The molecule has 152 valence electrons. The van der Waals surface area contributed by atoms with Crippen LogP contribution in [0.1, 0.15) is 97.8 Å². The molecule has 0 aromatic heterocycles. The van der Waals surface area contributed by atoms with Gasteiger partial charge in [0.2, 0.25) is 0 Å². The number of unbranched alkanes of at least 4 members (excludes halogenated alkanes) is 9. The molecule has 4 nitrogen and oxygen atoms in total. The van der Waals surface area contributed by atoms with Gasteiger partial charge in [-0.15, -0.1) is 0 Å². The van der Waals surface area contributed by atoms with Crippen LogP contribution in [-0.2, 0) is 14.3 Å². The van der Waals surface area contributed by atoms with Gasteiger partial charge in [-0.2, -0.15) is 0 Å². The summed E-state index contributed by atoms with van der Waals surface area (Å²) in [6.45, 7) is 6.78. The zero-order valence-corrected chi connectivity index (χ0v) is 17.2. The molecule has 0 aliphatic carbocycles. The topological polar surface area (TPSA) is 63.6 Å². The summed E-state index contributed by atoms with van der Waals surface area (Å²) in [4.78, 5) is 21.1. The van der Waals surface area contributed by atoms with Crippen LogP contribution >= 0.6 is 0 Å². The van der Waals surface area contributed by atoms with E-state index < -0.39 is 5.97 Å². The van der Waals surface area contributed by atoms with Crippen LogP contribution in [0.5, 0.6) is 0 Å². The maximum Gasteiger partial charge on any atom is 0.328 e. The van der Waals surface area contributed by atoms with Gasteiger partial charge in [-0.05, 0) is 19.8 Å². The van der Waals surface area contributed by atoms with Gasteiger partial charge >= 0.3 is 11.9 Å². The Kier molecular flexibility index (Phi) is 24.0. The first-order valence-corrected chi connectivity index (χ1v) is 10.3. The number of carbonyl (C=O) groups excluding carboxylic acids is 1. The Labute approximate surface area is 160 Å². The van der Waals surface area contributed by atoms with Gasteiger partial charge < -0.3 is 9.84 Å². The van der Waals surface area contributed by atoms with Gasteiger partial charge in [-0.1, -0.05) is 89.9 Å². The smallest absolute Gasteiger partial charge is 0.328 e. The van der Waals surface area contributed by atoms with Crippen molar-refractivity contribution in [3.63, 3.8) is 0 Å². The molecule has 0 fully saturated rings. The first-order valence-electron chi connectivity index (χ1n) is 10.3. The summed E-state index contributed by atoms with van der Waals surface area (Å²) in [5.41, 5.74) is 0. The van der Waals surface area contributed by atoms with Gasteiger partial charge in [0.25, 0.3) is 0 Å². The molecule has 0 unspecified atom stereocenters. The summed E-state index contributed by atoms with van der Waals surface area (Å²) in [6.07, 6.45) is 20.3. The molecule has 4 heteroatoms. The van der Waals surface area contributed by atoms with Crippen molar-refractivity contribution < 1.29 is 19.4 Å². The van der Waals surface area contributed by atoms with E-state index in [4.69, 9.17) is 9.84 Å². The highest BCUT2D eigenvalue weighted by molar-refractivity contribution is 5.80. The molecular weight excluding hydrogens is 328 g/mol. The Hall–Kier alpha value is -1.58. The molecule has 0 aromatic carbocycles. The number of rotatable bonds is 15. The number of esters is 1. The van der Waals surface area contributed by atoms with Crippen LogP contribution in [0.4, 0.5) is 0 Å². The highest BCUT2D eigenvalue weighted by atomic mass is 16.5. The lowest BCUT2D eigenvalue weighted by Gasteiger charge is -2.04. The monoisotopic (exact) mass is 368 g/mol. The molecule has 0 saturated heterocycles. The fraction of sp³-hybridized carbons (Fsp3) is 0.727. The molecule has 0 atom stereocenters. The zero-order valence-electron chi connectivity index (χ0n) is 17.2. The number of allylic oxidation sites excluding steroid dienone is 3. The first-order chi connectivity index (χ1) is 12.6. The molecule has 0 aliphatic rings. The molecule has 0 heterocycles. The van der Waals surface area contributed by atoms with Crippen LogP contribution in [0.25, 0.3) is 0 Å². The molecule has 0 spiro atoms. The fourth-order valence-corrected chi connectivity index (χ4v) is 2.23. The van der Waals surface area contributed by atoms with E-state index in [1.165, 1.54) is 57.4 Å². The average Bonchev–Trinajstić information content (AvgIpc) is 2.61. The second-order valence-electron chi connectivity index (χ2n) is 6.38. The third-order valence-electron chi connectivity index (χ3n) is 3.79. The lowest BCUT2D eigenvalue weighted by Crippen LogP contribution is -2.05. The Balaban J connectivity index is 0. The van der Waals surface area contributed by atoms with Crippen molar-refractivity contribution in [1.82, 2.24) is 0 Å². The second kappa shape index (κ2) is 23.4. The summed E-state index contributed by atoms with van der Waals surface area (Å²) in [5, 5.41) is 8.02. The molecule has 0 rings (SSSR count). The Morgan fingerprint density at radius 1 is 0.808 bits per heavy atom. The van der Waals surface area contributed by atoms with E-state index >= 15 is 0 Å². The second-order valence-corrected chi connectivity index (χ2v) is 6.38. The molecule has 1 N–H and O–H groups in total. The predicted molar refractivity (Wildman–Crippen MR) is 109 cm³/mol. The van der Waals surface area contributed by atoms with Crippen LogP contribution in [0, 0.1) is 0 Å². The average molecular weight is 369 g/mol. The Morgan fingerprint density at radius 2 is 1.35 bits per heavy atom. The van der Waals surface area contributed by atoms with Gasteiger partial charge in [0, 0.05) is 12.5 Å². The minimum atomic E-state index is -0.914. The SMILES string of the molecule is C/C=C/C=C/C(=O)O.CCCCCCCCCCCC(=O)OCCCC. The molecule has 26 heavy (non-hydrogen) atoms. The molecule has 0 radical (unpaired) electrons. The third kappa shape index (κ3) is 27.3. The van der Waals surface area contributed by atoms with Crippen molar-refractivity contribution in [3.05, 3.63) is 24.3 Å². The molecule has 0 amide bonds. The van der Waals surface area contributed by atoms with Gasteiger partial charge in [0.15, 0.2) is 0 Å². The van der Waals surface area contributed by atoms with E-state index in [-0.39, 0.29) is 5.97 Å². The van der Waals surface area contributed by atoms with Crippen molar-refractivity contribution >= 4 is 11.9 Å². The van der Waals surface area contributed by atoms with Crippen molar-refractivity contribution in [2.24, 2.45) is 0 Å². The molecule has 0 bridgehead atoms. The molecule has 0 aliphatic heterocycles. The normalized spacial score (nSPS) is 10.7. The van der Waals surface area contributed by atoms with Crippen LogP contribution in [0.3, 0.4) is 0 Å². The zero-order chi connectivity index (χ0) is 19.9. The first kappa shape index (κ1) is 26.6. The van der Waals surface area contributed by atoms with Gasteiger partial charge in [0.1, 0.15) is 0 Å². The summed E-state index contributed by atoms with van der Waals surface area (Å²) in [7, 11) is 0. The minimum absolute atomic E-state index is 0.00797. The summed E-state index contributed by atoms with van der Waals surface area (Å²) < 4.78 is 5.12. The summed E-state index contributed by atoms with van der Waals surface area (Å²) >= 11 is 0. The lowest BCUT2D eigenvalue weighted by atomic mass is 10.1. The van der Waals surface area contributed by atoms with E-state index in [2.05, 4.69) is 13.8 Å². The van der Waals surface area contributed by atoms with E-state index in [0.717, 1.165) is 25.3 Å². The van der Waals surface area contributed by atoms with E-state index in [1.54, 1.807) is 12.2 Å². The third-order valence-corrected chi connectivity index (χ3v) is 3.79. The van der Waals surface area contributed by atoms with E-state index in [0.29, 0.717) is 13.0 Å². The Bertz CT molecular complexity index is 372. The quantitative estimate of drug-likeness (QED) is 0.156. The van der Waals surface area contributed by atoms with Gasteiger partial charge in [-0.3, -0.25) is 4.79 Å². The van der Waals surface area contributed by atoms with Crippen molar-refractivity contribution in [3.8, 4) is 0 Å². The van der Waals surface area contributed by atoms with Crippen molar-refractivity contribution in [2.75, 3.05) is 6.61 Å². The number of ether oxygens (including phenoxy) is 1. The predicted octanol–water partition coefficient (Wildman–Crippen LogP) is 6.45. The fourth-order valence-electron chi connectivity index (χ4n) is 2.23. The number of hydrogen-bond donors (Lipinski definition) is 1. The molecular formula is C22H40O4. The number of carboxylic acid groups (broad SMARTS) is 1. The van der Waals surface area contributed by atoms with Crippen LogP contribution in [-0.4, -0.2) is 23.7 Å². The van der Waals surface area contributed by atoms with Crippen LogP contribution in [0.15, 0.2) is 24.3 Å². The number of hydrogen-bond acceptors (Lipinski definition) is 3. The van der Waals surface area contributed by atoms with Crippen molar-refractivity contribution in [1.29, 1.82) is 0 Å². The minimum Gasteiger partial charge on any atom is -0.478 e. The number of carbonyl (C=O) groups is 2. The van der Waals surface area contributed by atoms with E-state index in [1.807, 2.05) is 6.92 Å². The van der Waals surface area contributed by atoms with Gasteiger partial charge in [-0.25, -0.2) is 4.79 Å². The molecule has 0 aromatic rings. The highest BCUT2D eigenvalue weighted by Gasteiger charge is 2.01. The summed E-state index contributed by atoms with van der Waals surface area (Å²) in [6, 6.07) is 0. The van der Waals surface area contributed by atoms with Crippen molar-refractivity contribution in [2.45, 2.75) is 97.8 Å². The Morgan fingerprint density at radius 3 is 1.85 bits per heavy atom.